The van der Waals surface area contributed by atoms with Crippen LogP contribution in [0.2, 0.25) is 0 Å². The van der Waals surface area contributed by atoms with E-state index in [2.05, 4.69) is 27.0 Å². The van der Waals surface area contributed by atoms with Gasteiger partial charge in [0.05, 0.1) is 0 Å². The summed E-state index contributed by atoms with van der Waals surface area (Å²) < 4.78 is 5.65. The summed E-state index contributed by atoms with van der Waals surface area (Å²) in [5.41, 5.74) is 2.55. The average molecular weight is 319 g/mol. The van der Waals surface area contributed by atoms with Crippen LogP contribution in [0.5, 0.6) is 5.75 Å². The Hall–Kier alpha value is -2.92. The highest BCUT2D eigenvalue weighted by molar-refractivity contribution is 5.55. The van der Waals surface area contributed by atoms with E-state index in [-0.39, 0.29) is 5.56 Å². The van der Waals surface area contributed by atoms with Crippen molar-refractivity contribution in [2.45, 2.75) is 13.1 Å². The summed E-state index contributed by atoms with van der Waals surface area (Å²) in [6.07, 6.45) is 0. The molecule has 1 N–H and O–H groups in total. The lowest BCUT2D eigenvalue weighted by Gasteiger charge is -2.27. The molecule has 5 nitrogen and oxygen atoms in total. The van der Waals surface area contributed by atoms with E-state index in [1.807, 2.05) is 48.5 Å². The molecule has 1 aromatic heterocycles. The van der Waals surface area contributed by atoms with Gasteiger partial charge in [0.1, 0.15) is 18.2 Å². The number of aromatic nitrogens is 2. The van der Waals surface area contributed by atoms with Gasteiger partial charge >= 0.3 is 0 Å². The number of H-pyrrole nitrogens is 1. The Morgan fingerprint density at radius 3 is 2.50 bits per heavy atom. The fourth-order valence-electron chi connectivity index (χ4n) is 2.85. The number of fused-ring (bicyclic) bond motifs is 1. The van der Waals surface area contributed by atoms with Gasteiger partial charge in [0.2, 0.25) is 5.75 Å². The lowest BCUT2D eigenvalue weighted by atomic mass is 10.2. The van der Waals surface area contributed by atoms with E-state index in [0.29, 0.717) is 30.5 Å². The first-order valence-electron chi connectivity index (χ1n) is 7.87. The molecule has 0 aliphatic carbocycles. The van der Waals surface area contributed by atoms with E-state index in [4.69, 9.17) is 4.74 Å². The van der Waals surface area contributed by atoms with Crippen LogP contribution in [0, 0.1) is 0 Å². The Bertz CT molecular complexity index is 891. The van der Waals surface area contributed by atoms with Gasteiger partial charge in [-0.15, -0.1) is 0 Å². The number of nitrogens with zero attached hydrogens (tertiary/aromatic N) is 2. The normalized spacial score (nSPS) is 14.0. The number of hydrogen-bond donors (Lipinski definition) is 1. The van der Waals surface area contributed by atoms with E-state index in [1.165, 1.54) is 5.56 Å². The van der Waals surface area contributed by atoms with Gasteiger partial charge in [-0.25, -0.2) is 4.98 Å². The quantitative estimate of drug-likeness (QED) is 0.806. The van der Waals surface area contributed by atoms with E-state index in [0.717, 1.165) is 12.1 Å². The van der Waals surface area contributed by atoms with Crippen LogP contribution in [-0.2, 0) is 13.1 Å². The molecular weight excluding hydrogens is 302 g/mol. The van der Waals surface area contributed by atoms with Gasteiger partial charge < -0.3 is 9.72 Å². The summed E-state index contributed by atoms with van der Waals surface area (Å²) in [5, 5.41) is 0. The summed E-state index contributed by atoms with van der Waals surface area (Å²) in [6, 6.07) is 19.8. The summed E-state index contributed by atoms with van der Waals surface area (Å²) in [4.78, 5) is 21.8. The summed E-state index contributed by atoms with van der Waals surface area (Å²) in [5.74, 6) is 0.906. The van der Waals surface area contributed by atoms with Crippen molar-refractivity contribution >= 4 is 0 Å². The average Bonchev–Trinajstić information content (AvgIpc) is 2.63. The van der Waals surface area contributed by atoms with Gasteiger partial charge in [-0.3, -0.25) is 9.69 Å². The highest BCUT2D eigenvalue weighted by Gasteiger charge is 2.22. The number of benzene rings is 2. The van der Waals surface area contributed by atoms with Crippen LogP contribution < -0.4 is 10.3 Å². The molecule has 2 heterocycles. The zero-order valence-electron chi connectivity index (χ0n) is 13.1. The second kappa shape index (κ2) is 6.29. The van der Waals surface area contributed by atoms with Crippen molar-refractivity contribution in [2.75, 3.05) is 6.73 Å². The molecule has 0 atom stereocenters. The first kappa shape index (κ1) is 14.7. The fraction of sp³-hybridized carbons (Fsp3) is 0.158. The van der Waals surface area contributed by atoms with Gasteiger partial charge in [-0.1, -0.05) is 60.7 Å². The molecule has 0 saturated heterocycles. The van der Waals surface area contributed by atoms with Gasteiger partial charge in [0.15, 0.2) is 0 Å². The monoisotopic (exact) mass is 319 g/mol. The minimum Gasteiger partial charge on any atom is -0.470 e. The first-order valence-corrected chi connectivity index (χ1v) is 7.87. The van der Waals surface area contributed by atoms with Crippen LogP contribution in [0.3, 0.4) is 0 Å². The molecule has 1 aliphatic heterocycles. The number of nitrogens with one attached hydrogen (secondary N) is 1. The standard InChI is InChI=1S/C19H17N3O2/c23-19-17-16(20-18(21-19)15-9-5-2-6-10-15)12-22(13-24-17)11-14-7-3-1-4-8-14/h1-10H,11-13H2,(H,20,21,23). The fourth-order valence-corrected chi connectivity index (χ4v) is 2.85. The highest BCUT2D eigenvalue weighted by Crippen LogP contribution is 2.23. The minimum atomic E-state index is -0.224. The van der Waals surface area contributed by atoms with Crippen LogP contribution in [0.25, 0.3) is 11.4 Å². The Morgan fingerprint density at radius 1 is 1.04 bits per heavy atom. The summed E-state index contributed by atoms with van der Waals surface area (Å²) in [6.45, 7) is 1.74. The zero-order valence-corrected chi connectivity index (χ0v) is 13.1. The predicted octanol–water partition coefficient (Wildman–Crippen LogP) is 2.79. The van der Waals surface area contributed by atoms with Gasteiger partial charge in [0, 0.05) is 18.7 Å². The van der Waals surface area contributed by atoms with Crippen molar-refractivity contribution in [3.63, 3.8) is 0 Å². The highest BCUT2D eigenvalue weighted by atomic mass is 16.5. The third kappa shape index (κ3) is 2.94. The van der Waals surface area contributed by atoms with Crippen LogP contribution in [0.15, 0.2) is 65.5 Å². The Labute approximate surface area is 139 Å². The van der Waals surface area contributed by atoms with Crippen molar-refractivity contribution in [3.05, 3.63) is 82.3 Å². The summed E-state index contributed by atoms with van der Waals surface area (Å²) in [7, 11) is 0. The Morgan fingerprint density at radius 2 is 1.75 bits per heavy atom. The molecule has 0 radical (unpaired) electrons. The second-order valence-corrected chi connectivity index (χ2v) is 5.80. The Kier molecular flexibility index (Phi) is 3.84. The molecule has 2 aromatic carbocycles. The van der Waals surface area contributed by atoms with Crippen molar-refractivity contribution in [3.8, 4) is 17.1 Å². The zero-order chi connectivity index (χ0) is 16.4. The molecule has 120 valence electrons. The predicted molar refractivity (Wildman–Crippen MR) is 91.5 cm³/mol. The number of ether oxygens (including phenoxy) is 1. The molecule has 0 saturated carbocycles. The molecule has 0 bridgehead atoms. The maximum atomic E-state index is 12.3. The lowest BCUT2D eigenvalue weighted by Crippen LogP contribution is -2.35. The summed E-state index contributed by atoms with van der Waals surface area (Å²) >= 11 is 0. The van der Waals surface area contributed by atoms with Gasteiger partial charge in [0.25, 0.3) is 5.56 Å². The van der Waals surface area contributed by atoms with Crippen LogP contribution in [0.4, 0.5) is 0 Å². The molecule has 0 fully saturated rings. The molecule has 0 amide bonds. The Balaban J connectivity index is 1.62. The number of hydrogen-bond acceptors (Lipinski definition) is 4. The third-order valence-corrected chi connectivity index (χ3v) is 4.01. The van der Waals surface area contributed by atoms with Crippen molar-refractivity contribution in [1.29, 1.82) is 0 Å². The van der Waals surface area contributed by atoms with Gasteiger partial charge in [-0.2, -0.15) is 0 Å². The maximum absolute atomic E-state index is 12.3. The molecule has 0 unspecified atom stereocenters. The molecule has 1 aliphatic rings. The van der Waals surface area contributed by atoms with E-state index in [9.17, 15) is 4.79 Å². The molecule has 3 aromatic rings. The topological polar surface area (TPSA) is 58.2 Å². The first-order chi connectivity index (χ1) is 11.8. The largest absolute Gasteiger partial charge is 0.470 e. The molecule has 24 heavy (non-hydrogen) atoms. The molecule has 5 heteroatoms. The number of aromatic amines is 1. The van der Waals surface area contributed by atoms with Crippen molar-refractivity contribution in [1.82, 2.24) is 14.9 Å². The SMILES string of the molecule is O=c1[nH]c(-c2ccccc2)nc2c1OCN(Cc1ccccc1)C2. The molecular formula is C19H17N3O2. The third-order valence-electron chi connectivity index (χ3n) is 4.01. The molecule has 0 spiro atoms. The van der Waals surface area contributed by atoms with E-state index < -0.39 is 0 Å². The second-order valence-electron chi connectivity index (χ2n) is 5.80. The van der Waals surface area contributed by atoms with E-state index in [1.54, 1.807) is 0 Å². The maximum Gasteiger partial charge on any atom is 0.293 e. The van der Waals surface area contributed by atoms with Crippen molar-refractivity contribution in [2.24, 2.45) is 0 Å². The van der Waals surface area contributed by atoms with Gasteiger partial charge in [-0.05, 0) is 5.56 Å². The molecule has 4 rings (SSSR count). The van der Waals surface area contributed by atoms with Crippen LogP contribution >= 0.6 is 0 Å². The number of rotatable bonds is 3. The lowest BCUT2D eigenvalue weighted by molar-refractivity contribution is 0.0842. The van der Waals surface area contributed by atoms with Crippen molar-refractivity contribution < 1.29 is 4.74 Å². The minimum absolute atomic E-state index is 0.224. The van der Waals surface area contributed by atoms with Crippen LogP contribution in [0.1, 0.15) is 11.3 Å². The van der Waals surface area contributed by atoms with E-state index >= 15 is 0 Å². The smallest absolute Gasteiger partial charge is 0.293 e. The van der Waals surface area contributed by atoms with Crippen LogP contribution in [-0.4, -0.2) is 21.6 Å².